The molecule has 24 heavy (non-hydrogen) atoms. The third-order valence-corrected chi connectivity index (χ3v) is 5.97. The number of fused-ring (bicyclic) bond motifs is 3. The zero-order valence-corrected chi connectivity index (χ0v) is 14.3. The Morgan fingerprint density at radius 2 is 2.21 bits per heavy atom. The van der Waals surface area contributed by atoms with Crippen LogP contribution in [0.15, 0.2) is 41.0 Å². The van der Waals surface area contributed by atoms with Gasteiger partial charge in [0.2, 0.25) is 0 Å². The molecule has 0 amide bonds. The third kappa shape index (κ3) is 2.15. The van der Waals surface area contributed by atoms with E-state index in [1.165, 1.54) is 48.7 Å². The Hall–Kier alpha value is -2.00. The number of hydrogen-bond acceptors (Lipinski definition) is 1. The predicted octanol–water partition coefficient (Wildman–Crippen LogP) is 3.41. The van der Waals surface area contributed by atoms with Crippen molar-refractivity contribution in [1.29, 1.82) is 0 Å². The van der Waals surface area contributed by atoms with Crippen LogP contribution in [-0.4, -0.2) is 11.1 Å². The van der Waals surface area contributed by atoms with Crippen LogP contribution in [0.3, 0.4) is 0 Å². The number of rotatable bonds is 2. The summed E-state index contributed by atoms with van der Waals surface area (Å²) in [6.07, 6.45) is 6.91. The van der Waals surface area contributed by atoms with Gasteiger partial charge in [0.1, 0.15) is 12.6 Å². The van der Waals surface area contributed by atoms with E-state index in [1.54, 1.807) is 22.4 Å². The summed E-state index contributed by atoms with van der Waals surface area (Å²) < 4.78 is 8.30. The lowest BCUT2D eigenvalue weighted by Gasteiger charge is -2.30. The topological polar surface area (TPSA) is 22.5 Å². The van der Waals surface area contributed by atoms with Crippen molar-refractivity contribution in [2.45, 2.75) is 51.7 Å². The van der Waals surface area contributed by atoms with Crippen LogP contribution in [0.2, 0.25) is 0 Å². The monoisotopic (exact) mass is 321 g/mol. The molecule has 2 aliphatic rings. The van der Waals surface area contributed by atoms with Gasteiger partial charge in [0.25, 0.3) is 0 Å². The van der Waals surface area contributed by atoms with Gasteiger partial charge in [-0.3, -0.25) is 0 Å². The molecule has 124 valence electrons. The SMILES string of the molecule is Cc1ccc2c(c1)c1c3n2CCC[NH+](Cc2ccco2)[C@H]3CCC1. The fourth-order valence-electron chi connectivity index (χ4n) is 4.96. The second-order valence-electron chi connectivity index (χ2n) is 7.50. The highest BCUT2D eigenvalue weighted by atomic mass is 16.3. The Bertz CT molecular complexity index is 871. The Balaban J connectivity index is 1.64. The van der Waals surface area contributed by atoms with Gasteiger partial charge >= 0.3 is 0 Å². The molecule has 0 saturated carbocycles. The maximum absolute atomic E-state index is 5.65. The largest absolute Gasteiger partial charge is 0.463 e. The number of benzene rings is 1. The molecule has 0 saturated heterocycles. The molecule has 1 aliphatic heterocycles. The van der Waals surface area contributed by atoms with Crippen LogP contribution in [0.25, 0.3) is 10.9 Å². The van der Waals surface area contributed by atoms with Crippen molar-refractivity contribution in [2.24, 2.45) is 0 Å². The number of furan rings is 1. The number of hydrogen-bond donors (Lipinski definition) is 1. The van der Waals surface area contributed by atoms with Crippen LogP contribution < -0.4 is 4.90 Å². The van der Waals surface area contributed by atoms with Crippen molar-refractivity contribution in [1.82, 2.24) is 4.57 Å². The van der Waals surface area contributed by atoms with Crippen molar-refractivity contribution in [3.63, 3.8) is 0 Å². The first-order chi connectivity index (χ1) is 11.8. The predicted molar refractivity (Wildman–Crippen MR) is 95.2 cm³/mol. The highest BCUT2D eigenvalue weighted by Gasteiger charge is 2.36. The van der Waals surface area contributed by atoms with Gasteiger partial charge in [0.05, 0.1) is 18.5 Å². The summed E-state index contributed by atoms with van der Waals surface area (Å²) in [4.78, 5) is 1.68. The number of aryl methyl sites for hydroxylation is 3. The van der Waals surface area contributed by atoms with Crippen LogP contribution >= 0.6 is 0 Å². The summed E-state index contributed by atoms with van der Waals surface area (Å²) in [7, 11) is 0. The zero-order valence-electron chi connectivity index (χ0n) is 14.3. The summed E-state index contributed by atoms with van der Waals surface area (Å²) in [5.74, 6) is 1.12. The molecular formula is C21H25N2O+. The molecular weight excluding hydrogens is 296 g/mol. The van der Waals surface area contributed by atoms with Crippen LogP contribution in [0, 0.1) is 6.92 Å². The van der Waals surface area contributed by atoms with E-state index in [1.807, 2.05) is 6.07 Å². The Morgan fingerprint density at radius 1 is 1.25 bits per heavy atom. The van der Waals surface area contributed by atoms with Gasteiger partial charge in [0, 0.05) is 30.3 Å². The molecule has 2 aromatic heterocycles. The lowest BCUT2D eigenvalue weighted by Crippen LogP contribution is -3.11. The number of aromatic nitrogens is 1. The van der Waals surface area contributed by atoms with E-state index in [0.29, 0.717) is 6.04 Å². The maximum Gasteiger partial charge on any atom is 0.157 e. The second-order valence-corrected chi connectivity index (χ2v) is 7.50. The van der Waals surface area contributed by atoms with Crippen LogP contribution in [0.5, 0.6) is 0 Å². The van der Waals surface area contributed by atoms with Crippen molar-refractivity contribution >= 4 is 10.9 Å². The molecule has 5 rings (SSSR count). The molecule has 0 radical (unpaired) electrons. The molecule has 0 fully saturated rings. The fraction of sp³-hybridized carbons (Fsp3) is 0.429. The smallest absolute Gasteiger partial charge is 0.157 e. The third-order valence-electron chi connectivity index (χ3n) is 5.97. The first kappa shape index (κ1) is 14.4. The summed E-state index contributed by atoms with van der Waals surface area (Å²) >= 11 is 0. The minimum absolute atomic E-state index is 0.619. The van der Waals surface area contributed by atoms with Gasteiger partial charge in [-0.15, -0.1) is 0 Å². The maximum atomic E-state index is 5.65. The molecule has 1 N–H and O–H groups in total. The summed E-state index contributed by atoms with van der Waals surface area (Å²) in [6.45, 7) is 5.62. The zero-order chi connectivity index (χ0) is 16.1. The second kappa shape index (κ2) is 5.52. The quantitative estimate of drug-likeness (QED) is 0.768. The van der Waals surface area contributed by atoms with Gasteiger partial charge in [-0.1, -0.05) is 11.6 Å². The molecule has 3 heterocycles. The molecule has 0 spiro atoms. The van der Waals surface area contributed by atoms with Crippen molar-refractivity contribution < 1.29 is 9.32 Å². The van der Waals surface area contributed by atoms with E-state index in [4.69, 9.17) is 4.42 Å². The van der Waals surface area contributed by atoms with Crippen LogP contribution in [-0.2, 0) is 19.5 Å². The lowest BCUT2D eigenvalue weighted by molar-refractivity contribution is -0.946. The summed E-state index contributed by atoms with van der Waals surface area (Å²) in [6, 6.07) is 11.8. The van der Waals surface area contributed by atoms with E-state index < -0.39 is 0 Å². The minimum atomic E-state index is 0.619. The molecule has 0 bridgehead atoms. The van der Waals surface area contributed by atoms with Gasteiger partial charge in [0.15, 0.2) is 5.76 Å². The molecule has 3 aromatic rings. The highest BCUT2D eigenvalue weighted by Crippen LogP contribution is 2.37. The fourth-order valence-corrected chi connectivity index (χ4v) is 4.96. The standard InChI is InChI=1S/C21H24N2O/c1-15-8-9-19-18(13-15)17-6-2-7-20-21(17)23(19)11-4-10-22(20)14-16-5-3-12-24-16/h3,5,8-9,12-13,20H,2,4,6-7,10-11,14H2,1H3/p+1/t20-/m0/s1. The average Bonchev–Trinajstić information content (AvgIpc) is 3.15. The van der Waals surface area contributed by atoms with Crippen molar-refractivity contribution in [3.05, 3.63) is 59.2 Å². The molecule has 3 heteroatoms. The van der Waals surface area contributed by atoms with E-state index in [2.05, 4.69) is 35.8 Å². The Morgan fingerprint density at radius 3 is 3.08 bits per heavy atom. The van der Waals surface area contributed by atoms with E-state index in [0.717, 1.165) is 18.8 Å². The molecule has 2 atom stereocenters. The molecule has 1 unspecified atom stereocenters. The Kier molecular flexibility index (Phi) is 3.30. The lowest BCUT2D eigenvalue weighted by atomic mass is 9.90. The number of quaternary nitrogens is 1. The first-order valence-corrected chi connectivity index (χ1v) is 9.30. The summed E-state index contributed by atoms with van der Waals surface area (Å²) in [5.41, 5.74) is 6.09. The molecule has 1 aliphatic carbocycles. The van der Waals surface area contributed by atoms with Crippen molar-refractivity contribution in [2.75, 3.05) is 6.54 Å². The first-order valence-electron chi connectivity index (χ1n) is 9.30. The number of nitrogens with zero attached hydrogens (tertiary/aromatic N) is 1. The van der Waals surface area contributed by atoms with Crippen molar-refractivity contribution in [3.8, 4) is 0 Å². The van der Waals surface area contributed by atoms with Gasteiger partial charge in [-0.25, -0.2) is 0 Å². The molecule has 3 nitrogen and oxygen atoms in total. The highest BCUT2D eigenvalue weighted by molar-refractivity contribution is 5.86. The van der Waals surface area contributed by atoms with E-state index >= 15 is 0 Å². The van der Waals surface area contributed by atoms with Gasteiger partial charge in [-0.05, 0) is 49.6 Å². The number of nitrogens with one attached hydrogen (secondary N) is 1. The van der Waals surface area contributed by atoms with Gasteiger partial charge < -0.3 is 13.9 Å². The summed E-state index contributed by atoms with van der Waals surface area (Å²) in [5, 5.41) is 1.51. The van der Waals surface area contributed by atoms with Crippen LogP contribution in [0.1, 0.15) is 47.9 Å². The van der Waals surface area contributed by atoms with E-state index in [9.17, 15) is 0 Å². The Labute approximate surface area is 142 Å². The van der Waals surface area contributed by atoms with Crippen LogP contribution in [0.4, 0.5) is 0 Å². The van der Waals surface area contributed by atoms with E-state index in [-0.39, 0.29) is 0 Å². The normalized spacial score (nSPS) is 23.2. The van der Waals surface area contributed by atoms with Gasteiger partial charge in [-0.2, -0.15) is 0 Å². The minimum Gasteiger partial charge on any atom is -0.463 e. The average molecular weight is 321 g/mol. The molecule has 1 aromatic carbocycles.